The molecule has 56 valence electrons. The molecule has 10 heavy (non-hydrogen) atoms. The molecule has 0 saturated carbocycles. The van der Waals surface area contributed by atoms with Gasteiger partial charge in [-0.05, 0) is 11.9 Å². The fourth-order valence-electron chi connectivity index (χ4n) is 0.626. The first-order valence-electron chi connectivity index (χ1n) is 3.08. The van der Waals surface area contributed by atoms with Crippen molar-refractivity contribution in [3.63, 3.8) is 0 Å². The second-order valence-electron chi connectivity index (χ2n) is 2.11. The zero-order chi connectivity index (χ0) is 7.40. The third-order valence-corrected chi connectivity index (χ3v) is 1.98. The van der Waals surface area contributed by atoms with E-state index in [4.69, 9.17) is 4.74 Å². The predicted molar refractivity (Wildman–Crippen MR) is 41.1 cm³/mol. The molecule has 1 unspecified atom stereocenters. The van der Waals surface area contributed by atoms with E-state index in [1.54, 1.807) is 0 Å². The number of hydrogen-bond donors (Lipinski definition) is 0. The standard InChI is InChI=1S/C6H9NO2S/c1-5(8)9-3-6-2-7-10-4-6/h2,6H,3-4H2,1H3. The minimum absolute atomic E-state index is 0.217. The Labute approximate surface area is 64.0 Å². The lowest BCUT2D eigenvalue weighted by Gasteiger charge is -2.03. The van der Waals surface area contributed by atoms with Crippen LogP contribution in [-0.4, -0.2) is 24.5 Å². The van der Waals surface area contributed by atoms with E-state index in [9.17, 15) is 4.79 Å². The van der Waals surface area contributed by atoms with Gasteiger partial charge in [-0.25, -0.2) is 4.40 Å². The van der Waals surface area contributed by atoms with Crippen LogP contribution in [0.15, 0.2) is 4.40 Å². The zero-order valence-electron chi connectivity index (χ0n) is 5.74. The lowest BCUT2D eigenvalue weighted by Crippen LogP contribution is -2.12. The SMILES string of the molecule is CC(=O)OCC1C=NSC1. The van der Waals surface area contributed by atoms with Crippen LogP contribution in [0.2, 0.25) is 0 Å². The molecule has 4 heteroatoms. The Kier molecular flexibility index (Phi) is 2.74. The third-order valence-electron chi connectivity index (χ3n) is 1.14. The quantitative estimate of drug-likeness (QED) is 0.444. The number of carbonyl (C=O) groups is 1. The van der Waals surface area contributed by atoms with Crippen molar-refractivity contribution in [3.8, 4) is 0 Å². The second kappa shape index (κ2) is 3.61. The maximum atomic E-state index is 10.3. The fraction of sp³-hybridized carbons (Fsp3) is 0.667. The van der Waals surface area contributed by atoms with Crippen molar-refractivity contribution in [2.24, 2.45) is 10.3 Å². The first-order chi connectivity index (χ1) is 4.79. The van der Waals surface area contributed by atoms with Gasteiger partial charge >= 0.3 is 5.97 Å². The molecule has 0 spiro atoms. The van der Waals surface area contributed by atoms with Crippen LogP contribution >= 0.6 is 11.9 Å². The average molecular weight is 159 g/mol. The highest BCUT2D eigenvalue weighted by Crippen LogP contribution is 2.15. The molecule has 1 aliphatic heterocycles. The van der Waals surface area contributed by atoms with Crippen LogP contribution in [-0.2, 0) is 9.53 Å². The second-order valence-corrected chi connectivity index (χ2v) is 2.92. The van der Waals surface area contributed by atoms with Crippen molar-refractivity contribution in [3.05, 3.63) is 0 Å². The zero-order valence-corrected chi connectivity index (χ0v) is 6.56. The van der Waals surface area contributed by atoms with Crippen molar-refractivity contribution in [2.75, 3.05) is 12.4 Å². The van der Waals surface area contributed by atoms with Crippen LogP contribution in [0.4, 0.5) is 0 Å². The number of nitrogens with zero attached hydrogens (tertiary/aromatic N) is 1. The van der Waals surface area contributed by atoms with Gasteiger partial charge in [0.1, 0.15) is 0 Å². The lowest BCUT2D eigenvalue weighted by molar-refractivity contribution is -0.141. The van der Waals surface area contributed by atoms with Gasteiger partial charge in [0.15, 0.2) is 0 Å². The van der Waals surface area contributed by atoms with E-state index in [2.05, 4.69) is 4.40 Å². The molecule has 0 N–H and O–H groups in total. The van der Waals surface area contributed by atoms with E-state index >= 15 is 0 Å². The van der Waals surface area contributed by atoms with Gasteiger partial charge in [0, 0.05) is 24.8 Å². The largest absolute Gasteiger partial charge is 0.465 e. The Balaban J connectivity index is 2.13. The molecule has 0 aromatic heterocycles. The molecule has 0 amide bonds. The Hall–Kier alpha value is -0.510. The Morgan fingerprint density at radius 2 is 2.80 bits per heavy atom. The normalized spacial score (nSPS) is 23.1. The molecule has 1 heterocycles. The summed E-state index contributed by atoms with van der Waals surface area (Å²) in [7, 11) is 0. The van der Waals surface area contributed by atoms with Crippen LogP contribution in [0.5, 0.6) is 0 Å². The van der Waals surface area contributed by atoms with Crippen LogP contribution < -0.4 is 0 Å². The van der Waals surface area contributed by atoms with Gasteiger partial charge in [0.2, 0.25) is 0 Å². The van der Waals surface area contributed by atoms with E-state index in [-0.39, 0.29) is 5.97 Å². The Morgan fingerprint density at radius 3 is 3.30 bits per heavy atom. The number of carbonyl (C=O) groups excluding carboxylic acids is 1. The van der Waals surface area contributed by atoms with E-state index in [1.165, 1.54) is 18.9 Å². The minimum atomic E-state index is -0.217. The smallest absolute Gasteiger partial charge is 0.302 e. The number of hydrogen-bond acceptors (Lipinski definition) is 4. The van der Waals surface area contributed by atoms with Crippen LogP contribution in [0, 0.1) is 5.92 Å². The molecule has 0 aliphatic carbocycles. The summed E-state index contributed by atoms with van der Waals surface area (Å²) in [4.78, 5) is 10.3. The van der Waals surface area contributed by atoms with Crippen LogP contribution in [0.1, 0.15) is 6.92 Å². The summed E-state index contributed by atoms with van der Waals surface area (Å²) in [5, 5.41) is 0. The molecule has 3 nitrogen and oxygen atoms in total. The summed E-state index contributed by atoms with van der Waals surface area (Å²) >= 11 is 1.51. The number of rotatable bonds is 2. The average Bonchev–Trinajstić information content (AvgIpc) is 2.34. The minimum Gasteiger partial charge on any atom is -0.465 e. The van der Waals surface area contributed by atoms with E-state index in [0.29, 0.717) is 12.5 Å². The molecule has 0 saturated heterocycles. The predicted octanol–water partition coefficient (Wildman–Crippen LogP) is 0.898. The Morgan fingerprint density at radius 1 is 2.00 bits per heavy atom. The van der Waals surface area contributed by atoms with Gasteiger partial charge in [-0.2, -0.15) is 0 Å². The first kappa shape index (κ1) is 7.60. The summed E-state index contributed by atoms with van der Waals surface area (Å²) in [6.07, 6.45) is 1.83. The van der Waals surface area contributed by atoms with Gasteiger partial charge in [-0.3, -0.25) is 4.79 Å². The number of esters is 1. The lowest BCUT2D eigenvalue weighted by atomic mass is 10.2. The van der Waals surface area contributed by atoms with E-state index in [1.807, 2.05) is 6.21 Å². The van der Waals surface area contributed by atoms with Crippen molar-refractivity contribution in [2.45, 2.75) is 6.92 Å². The summed E-state index contributed by atoms with van der Waals surface area (Å²) in [5.74, 6) is 1.05. The monoisotopic (exact) mass is 159 g/mol. The molecule has 1 aliphatic rings. The number of ether oxygens (including phenoxy) is 1. The molecule has 0 bridgehead atoms. The molecule has 0 aromatic carbocycles. The van der Waals surface area contributed by atoms with Crippen LogP contribution in [0.3, 0.4) is 0 Å². The topological polar surface area (TPSA) is 38.7 Å². The van der Waals surface area contributed by atoms with Gasteiger partial charge in [0.25, 0.3) is 0 Å². The molecule has 1 rings (SSSR count). The summed E-state index contributed by atoms with van der Waals surface area (Å²) < 4.78 is 8.73. The van der Waals surface area contributed by atoms with Crippen molar-refractivity contribution >= 4 is 24.1 Å². The molecule has 0 aromatic rings. The fourth-order valence-corrected chi connectivity index (χ4v) is 1.34. The maximum Gasteiger partial charge on any atom is 0.302 e. The molecular formula is C6H9NO2S. The highest BCUT2D eigenvalue weighted by Gasteiger charge is 2.11. The molecule has 0 radical (unpaired) electrons. The van der Waals surface area contributed by atoms with Crippen molar-refractivity contribution in [1.82, 2.24) is 0 Å². The van der Waals surface area contributed by atoms with Gasteiger partial charge in [0.05, 0.1) is 6.61 Å². The van der Waals surface area contributed by atoms with Crippen molar-refractivity contribution in [1.29, 1.82) is 0 Å². The highest BCUT2D eigenvalue weighted by molar-refractivity contribution is 7.98. The maximum absolute atomic E-state index is 10.3. The van der Waals surface area contributed by atoms with Gasteiger partial charge in [-0.15, -0.1) is 0 Å². The first-order valence-corrected chi connectivity index (χ1v) is 4.02. The summed E-state index contributed by atoms with van der Waals surface area (Å²) in [6, 6.07) is 0. The van der Waals surface area contributed by atoms with E-state index in [0.717, 1.165) is 5.75 Å². The highest BCUT2D eigenvalue weighted by atomic mass is 32.2. The summed E-state index contributed by atoms with van der Waals surface area (Å²) in [5.41, 5.74) is 0. The molecule has 0 fully saturated rings. The Bertz CT molecular complexity index is 158. The van der Waals surface area contributed by atoms with Gasteiger partial charge in [-0.1, -0.05) is 0 Å². The third kappa shape index (κ3) is 2.39. The van der Waals surface area contributed by atoms with Crippen LogP contribution in [0.25, 0.3) is 0 Å². The van der Waals surface area contributed by atoms with Gasteiger partial charge < -0.3 is 4.74 Å². The molecular weight excluding hydrogens is 150 g/mol. The summed E-state index contributed by atoms with van der Waals surface area (Å²) in [6.45, 7) is 1.89. The van der Waals surface area contributed by atoms with E-state index < -0.39 is 0 Å². The molecule has 1 atom stereocenters. The van der Waals surface area contributed by atoms with Crippen molar-refractivity contribution < 1.29 is 9.53 Å².